The first-order chi connectivity index (χ1) is 15.6. The number of esters is 1. The van der Waals surface area contributed by atoms with E-state index < -0.39 is 0 Å². The highest BCUT2D eigenvalue weighted by molar-refractivity contribution is 6.31. The van der Waals surface area contributed by atoms with Crippen molar-refractivity contribution in [3.63, 3.8) is 0 Å². The third-order valence-corrected chi connectivity index (χ3v) is 6.30. The molecule has 0 radical (unpaired) electrons. The fourth-order valence-corrected chi connectivity index (χ4v) is 4.54. The number of hydrogen-bond acceptors (Lipinski definition) is 6. The molecule has 0 amide bonds. The summed E-state index contributed by atoms with van der Waals surface area (Å²) in [7, 11) is 0. The lowest BCUT2D eigenvalue weighted by Gasteiger charge is -2.32. The minimum Gasteiger partial charge on any atom is -0.466 e. The van der Waals surface area contributed by atoms with Gasteiger partial charge in [0.15, 0.2) is 11.5 Å². The number of benzene rings is 2. The molecular formula is C24H24ClN5O2. The van der Waals surface area contributed by atoms with Crippen LogP contribution in [-0.4, -0.2) is 45.2 Å². The monoisotopic (exact) mass is 449 g/mol. The van der Waals surface area contributed by atoms with Crippen LogP contribution in [0.4, 0.5) is 5.95 Å². The molecule has 0 atom stereocenters. The smallest absolute Gasteiger partial charge is 0.309 e. The van der Waals surface area contributed by atoms with Crippen molar-refractivity contribution in [1.82, 2.24) is 19.6 Å². The maximum atomic E-state index is 12.2. The van der Waals surface area contributed by atoms with E-state index in [0.717, 1.165) is 52.3 Å². The first kappa shape index (κ1) is 20.7. The third kappa shape index (κ3) is 3.56. The van der Waals surface area contributed by atoms with Crippen LogP contribution in [0.15, 0.2) is 42.5 Å². The molecule has 1 fully saturated rings. The second kappa shape index (κ2) is 8.39. The molecule has 1 aliphatic rings. The zero-order valence-corrected chi connectivity index (χ0v) is 18.8. The van der Waals surface area contributed by atoms with Crippen LogP contribution < -0.4 is 4.90 Å². The summed E-state index contributed by atoms with van der Waals surface area (Å²) in [6.07, 6.45) is 1.44. The van der Waals surface area contributed by atoms with E-state index in [1.54, 1.807) is 0 Å². The van der Waals surface area contributed by atoms with Crippen molar-refractivity contribution in [2.45, 2.75) is 26.7 Å². The molecule has 1 saturated heterocycles. The Kier molecular flexibility index (Phi) is 5.43. The van der Waals surface area contributed by atoms with Crippen molar-refractivity contribution < 1.29 is 9.53 Å². The van der Waals surface area contributed by atoms with Crippen molar-refractivity contribution in [3.05, 3.63) is 53.1 Å². The molecule has 0 aliphatic carbocycles. The molecule has 32 heavy (non-hydrogen) atoms. The van der Waals surface area contributed by atoms with Gasteiger partial charge in [0, 0.05) is 29.1 Å². The molecule has 3 heterocycles. The average Bonchev–Trinajstić information content (AvgIpc) is 3.24. The van der Waals surface area contributed by atoms with Crippen molar-refractivity contribution in [2.24, 2.45) is 5.92 Å². The SMILES string of the molecule is CCOC(=O)C1CCN(c2nc3cc(Cl)ccc3c3nnc(-c4ccccc4C)n23)CC1. The molecule has 1 aliphatic heterocycles. The largest absolute Gasteiger partial charge is 0.466 e. The molecule has 2 aromatic carbocycles. The van der Waals surface area contributed by atoms with Crippen LogP contribution in [0.5, 0.6) is 0 Å². The van der Waals surface area contributed by atoms with Gasteiger partial charge in [0.25, 0.3) is 0 Å². The number of piperidine rings is 1. The first-order valence-electron chi connectivity index (χ1n) is 10.9. The van der Waals surface area contributed by atoms with Gasteiger partial charge in [-0.15, -0.1) is 10.2 Å². The molecule has 164 valence electrons. The highest BCUT2D eigenvalue weighted by Gasteiger charge is 2.29. The zero-order chi connectivity index (χ0) is 22.2. The summed E-state index contributed by atoms with van der Waals surface area (Å²) in [5.74, 6) is 1.33. The zero-order valence-electron chi connectivity index (χ0n) is 18.1. The van der Waals surface area contributed by atoms with E-state index in [2.05, 4.69) is 34.2 Å². The minimum absolute atomic E-state index is 0.0756. The lowest BCUT2D eigenvalue weighted by Crippen LogP contribution is -2.38. The summed E-state index contributed by atoms with van der Waals surface area (Å²) in [6, 6.07) is 13.8. The molecule has 0 unspecified atom stereocenters. The molecule has 8 heteroatoms. The second-order valence-electron chi connectivity index (χ2n) is 8.08. The highest BCUT2D eigenvalue weighted by atomic mass is 35.5. The fourth-order valence-electron chi connectivity index (χ4n) is 4.38. The van der Waals surface area contributed by atoms with Crippen LogP contribution in [0.3, 0.4) is 0 Å². The molecule has 0 spiro atoms. The molecule has 7 nitrogen and oxygen atoms in total. The molecule has 0 N–H and O–H groups in total. The number of halogens is 1. The lowest BCUT2D eigenvalue weighted by molar-refractivity contribution is -0.148. The average molecular weight is 450 g/mol. The van der Waals surface area contributed by atoms with Crippen molar-refractivity contribution in [3.8, 4) is 11.4 Å². The van der Waals surface area contributed by atoms with Gasteiger partial charge in [-0.3, -0.25) is 4.79 Å². The fraction of sp³-hybridized carbons (Fsp3) is 0.333. The summed E-state index contributed by atoms with van der Waals surface area (Å²) >= 11 is 6.27. The third-order valence-electron chi connectivity index (χ3n) is 6.07. The van der Waals surface area contributed by atoms with Crippen LogP contribution in [0.2, 0.25) is 5.02 Å². The van der Waals surface area contributed by atoms with E-state index in [1.165, 1.54) is 0 Å². The summed E-state index contributed by atoms with van der Waals surface area (Å²) < 4.78 is 7.26. The summed E-state index contributed by atoms with van der Waals surface area (Å²) in [4.78, 5) is 19.4. The number of fused-ring (bicyclic) bond motifs is 3. The molecule has 5 rings (SSSR count). The van der Waals surface area contributed by atoms with Crippen molar-refractivity contribution in [2.75, 3.05) is 24.6 Å². The summed E-state index contributed by atoms with van der Waals surface area (Å²) in [6.45, 7) is 5.71. The number of nitrogens with zero attached hydrogens (tertiary/aromatic N) is 5. The Morgan fingerprint density at radius 1 is 1.16 bits per heavy atom. The second-order valence-corrected chi connectivity index (χ2v) is 8.52. The number of aromatic nitrogens is 4. The molecule has 4 aromatic rings. The Morgan fingerprint density at radius 3 is 2.69 bits per heavy atom. The highest BCUT2D eigenvalue weighted by Crippen LogP contribution is 2.32. The summed E-state index contributed by atoms with van der Waals surface area (Å²) in [5.41, 5.74) is 3.64. The number of hydrogen-bond donors (Lipinski definition) is 0. The van der Waals surface area contributed by atoms with Crippen LogP contribution >= 0.6 is 11.6 Å². The lowest BCUT2D eigenvalue weighted by atomic mass is 9.97. The van der Waals surface area contributed by atoms with Crippen LogP contribution in [0.25, 0.3) is 27.9 Å². The maximum absolute atomic E-state index is 12.2. The van der Waals surface area contributed by atoms with Crippen molar-refractivity contribution in [1.29, 1.82) is 0 Å². The van der Waals surface area contributed by atoms with Crippen LogP contribution in [0.1, 0.15) is 25.3 Å². The normalized spacial score (nSPS) is 14.9. The minimum atomic E-state index is -0.111. The van der Waals surface area contributed by atoms with Gasteiger partial charge < -0.3 is 9.64 Å². The maximum Gasteiger partial charge on any atom is 0.309 e. The Balaban J connectivity index is 1.64. The van der Waals surface area contributed by atoms with Crippen LogP contribution in [0, 0.1) is 12.8 Å². The Bertz CT molecular complexity index is 1310. The Labute approximate surface area is 191 Å². The van der Waals surface area contributed by atoms with E-state index in [1.807, 2.05) is 41.7 Å². The number of carbonyl (C=O) groups excluding carboxylic acids is 1. The number of rotatable bonds is 4. The molecule has 2 aromatic heterocycles. The topological polar surface area (TPSA) is 72.6 Å². The van der Waals surface area contributed by atoms with E-state index in [-0.39, 0.29) is 11.9 Å². The van der Waals surface area contributed by atoms with Gasteiger partial charge in [-0.2, -0.15) is 0 Å². The van der Waals surface area contributed by atoms with E-state index in [0.29, 0.717) is 24.7 Å². The predicted molar refractivity (Wildman–Crippen MR) is 125 cm³/mol. The molecular weight excluding hydrogens is 426 g/mol. The molecule has 0 bridgehead atoms. The predicted octanol–water partition coefficient (Wildman–Crippen LogP) is 4.69. The van der Waals surface area contributed by atoms with Gasteiger partial charge in [0.1, 0.15) is 0 Å². The van der Waals surface area contributed by atoms with Crippen LogP contribution in [-0.2, 0) is 9.53 Å². The summed E-state index contributed by atoms with van der Waals surface area (Å²) in [5, 5.41) is 10.6. The van der Waals surface area contributed by atoms with Crippen molar-refractivity contribution >= 4 is 40.1 Å². The van der Waals surface area contributed by atoms with Gasteiger partial charge >= 0.3 is 5.97 Å². The van der Waals surface area contributed by atoms with E-state index in [9.17, 15) is 4.79 Å². The van der Waals surface area contributed by atoms with Gasteiger partial charge in [-0.25, -0.2) is 9.38 Å². The number of aryl methyl sites for hydroxylation is 1. The standard InChI is InChI=1S/C24H24ClN5O2/c1-3-32-23(31)16-10-12-29(13-11-16)24-26-20-14-17(25)8-9-19(20)22-28-27-21(30(22)24)18-7-5-4-6-15(18)2/h4-9,14,16H,3,10-13H2,1-2H3. The van der Waals surface area contributed by atoms with Gasteiger partial charge in [0.05, 0.1) is 18.0 Å². The van der Waals surface area contributed by atoms with Gasteiger partial charge in [-0.05, 0) is 50.5 Å². The number of carbonyl (C=O) groups is 1. The van der Waals surface area contributed by atoms with Gasteiger partial charge in [-0.1, -0.05) is 35.9 Å². The quantitative estimate of drug-likeness (QED) is 0.421. The first-order valence-corrected chi connectivity index (χ1v) is 11.3. The molecule has 0 saturated carbocycles. The van der Waals surface area contributed by atoms with E-state index in [4.69, 9.17) is 21.3 Å². The number of ether oxygens (including phenoxy) is 1. The van der Waals surface area contributed by atoms with Gasteiger partial charge in [0.2, 0.25) is 5.95 Å². The number of anilines is 1. The van der Waals surface area contributed by atoms with E-state index >= 15 is 0 Å². The Morgan fingerprint density at radius 2 is 1.94 bits per heavy atom. The Hall–Kier alpha value is -3.19.